The molecule has 126 valence electrons. The van der Waals surface area contributed by atoms with Gasteiger partial charge < -0.3 is 31.9 Å². The number of carboxylic acid groups (broad SMARTS) is 4. The molecule has 10 heteroatoms. The zero-order valence-corrected chi connectivity index (χ0v) is 12.0. The molecule has 0 aliphatic rings. The van der Waals surface area contributed by atoms with Gasteiger partial charge in [-0.1, -0.05) is 6.92 Å². The Balaban J connectivity index is 5.92. The normalized spacial score (nSPS) is 15.6. The zero-order valence-electron chi connectivity index (χ0n) is 12.0. The molecule has 0 saturated heterocycles. The summed E-state index contributed by atoms with van der Waals surface area (Å²) in [5.74, 6) is -5.61. The molecule has 10 nitrogen and oxygen atoms in total. The van der Waals surface area contributed by atoms with E-state index < -0.39 is 66.6 Å². The van der Waals surface area contributed by atoms with Crippen molar-refractivity contribution in [3.8, 4) is 0 Å². The smallest absolute Gasteiger partial charge is 0.305 e. The van der Waals surface area contributed by atoms with Crippen LogP contribution in [0.3, 0.4) is 0 Å². The molecule has 2 atom stereocenters. The monoisotopic (exact) mass is 320 g/mol. The van der Waals surface area contributed by atoms with E-state index >= 15 is 0 Å². The average molecular weight is 320 g/mol. The molecule has 0 heterocycles. The molecule has 0 aliphatic carbocycles. The number of rotatable bonds is 10. The zero-order chi connectivity index (χ0) is 17.7. The van der Waals surface area contributed by atoms with Crippen LogP contribution in [0.25, 0.3) is 0 Å². The Kier molecular flexibility index (Phi) is 6.46. The summed E-state index contributed by atoms with van der Waals surface area (Å²) in [7, 11) is 0. The maximum Gasteiger partial charge on any atom is 0.305 e. The first kappa shape index (κ1) is 19.8. The summed E-state index contributed by atoms with van der Waals surface area (Å²) in [6, 6.07) is -1.34. The Hall–Kier alpha value is -2.20. The first-order chi connectivity index (χ1) is 9.84. The summed E-state index contributed by atoms with van der Waals surface area (Å²) in [6.07, 6.45) is -3.17. The highest BCUT2D eigenvalue weighted by Gasteiger charge is 2.53. The standard InChI is InChI=1S/C12H20N2O8/c1-11(3-8(17)18,6(13)2-7(15)16)12(14,4-9(19)20)5-10(21)22/h6H,2-5,13-14H2,1H3,(H,15,16)(H,17,18)(H,19,20)(H,21,22). The maximum atomic E-state index is 11.1. The van der Waals surface area contributed by atoms with Crippen molar-refractivity contribution < 1.29 is 39.6 Å². The van der Waals surface area contributed by atoms with Crippen LogP contribution in [0.2, 0.25) is 0 Å². The van der Waals surface area contributed by atoms with Crippen LogP contribution in [-0.2, 0) is 19.2 Å². The summed E-state index contributed by atoms with van der Waals surface area (Å²) >= 11 is 0. The second-order valence-electron chi connectivity index (χ2n) is 5.49. The molecular weight excluding hydrogens is 300 g/mol. The fraction of sp³-hybridized carbons (Fsp3) is 0.667. The topological polar surface area (TPSA) is 201 Å². The lowest BCUT2D eigenvalue weighted by molar-refractivity contribution is -0.150. The van der Waals surface area contributed by atoms with E-state index in [0.717, 1.165) is 0 Å². The van der Waals surface area contributed by atoms with Gasteiger partial charge in [-0.05, 0) is 0 Å². The molecule has 0 fully saturated rings. The Bertz CT molecular complexity index is 462. The highest BCUT2D eigenvalue weighted by atomic mass is 16.4. The number of nitrogens with two attached hydrogens (primary N) is 2. The van der Waals surface area contributed by atoms with E-state index in [0.29, 0.717) is 0 Å². The van der Waals surface area contributed by atoms with Gasteiger partial charge in [0.1, 0.15) is 0 Å². The quantitative estimate of drug-likeness (QED) is 0.287. The third kappa shape index (κ3) is 4.97. The molecule has 0 rings (SSSR count). The van der Waals surface area contributed by atoms with E-state index in [1.807, 2.05) is 0 Å². The van der Waals surface area contributed by atoms with Gasteiger partial charge in [0.05, 0.1) is 25.7 Å². The van der Waals surface area contributed by atoms with Crippen molar-refractivity contribution in [3.05, 3.63) is 0 Å². The van der Waals surface area contributed by atoms with Gasteiger partial charge in [0.15, 0.2) is 0 Å². The van der Waals surface area contributed by atoms with E-state index in [1.54, 1.807) is 0 Å². The lowest BCUT2D eigenvalue weighted by atomic mass is 9.61. The first-order valence-electron chi connectivity index (χ1n) is 6.25. The summed E-state index contributed by atoms with van der Waals surface area (Å²) in [6.45, 7) is 1.20. The van der Waals surface area contributed by atoms with Gasteiger partial charge in [0.25, 0.3) is 0 Å². The summed E-state index contributed by atoms with van der Waals surface area (Å²) in [4.78, 5) is 43.9. The lowest BCUT2D eigenvalue weighted by Gasteiger charge is -2.47. The summed E-state index contributed by atoms with van der Waals surface area (Å²) in [5.41, 5.74) is 7.85. The van der Waals surface area contributed by atoms with Crippen molar-refractivity contribution in [2.45, 2.75) is 44.2 Å². The van der Waals surface area contributed by atoms with Crippen LogP contribution in [0, 0.1) is 5.41 Å². The van der Waals surface area contributed by atoms with Crippen LogP contribution >= 0.6 is 0 Å². The minimum Gasteiger partial charge on any atom is -0.481 e. The van der Waals surface area contributed by atoms with E-state index in [2.05, 4.69) is 0 Å². The van der Waals surface area contributed by atoms with Gasteiger partial charge in [-0.3, -0.25) is 19.2 Å². The molecular formula is C12H20N2O8. The van der Waals surface area contributed by atoms with Gasteiger partial charge in [0, 0.05) is 17.0 Å². The molecule has 0 aromatic carbocycles. The van der Waals surface area contributed by atoms with Gasteiger partial charge in [-0.25, -0.2) is 0 Å². The Morgan fingerprint density at radius 2 is 1.23 bits per heavy atom. The molecule has 22 heavy (non-hydrogen) atoms. The number of hydrogen-bond acceptors (Lipinski definition) is 6. The van der Waals surface area contributed by atoms with E-state index in [1.165, 1.54) is 6.92 Å². The number of aliphatic carboxylic acids is 4. The van der Waals surface area contributed by atoms with E-state index in [4.69, 9.17) is 31.9 Å². The number of hydrogen-bond donors (Lipinski definition) is 6. The second kappa shape index (κ2) is 7.18. The van der Waals surface area contributed by atoms with Crippen molar-refractivity contribution in [2.24, 2.45) is 16.9 Å². The van der Waals surface area contributed by atoms with Crippen LogP contribution in [0.1, 0.15) is 32.6 Å². The van der Waals surface area contributed by atoms with Crippen LogP contribution in [0.15, 0.2) is 0 Å². The van der Waals surface area contributed by atoms with Crippen LogP contribution in [0.4, 0.5) is 0 Å². The van der Waals surface area contributed by atoms with Crippen molar-refractivity contribution in [3.63, 3.8) is 0 Å². The van der Waals surface area contributed by atoms with Crippen LogP contribution in [0.5, 0.6) is 0 Å². The first-order valence-corrected chi connectivity index (χ1v) is 6.25. The Labute approximate surface area is 125 Å². The fourth-order valence-electron chi connectivity index (χ4n) is 2.41. The average Bonchev–Trinajstić information content (AvgIpc) is 2.23. The molecule has 0 bridgehead atoms. The summed E-state index contributed by atoms with van der Waals surface area (Å²) < 4.78 is 0. The Morgan fingerprint density at radius 3 is 1.50 bits per heavy atom. The van der Waals surface area contributed by atoms with Gasteiger partial charge in [-0.15, -0.1) is 0 Å². The molecule has 0 aromatic rings. The molecule has 0 aliphatic heterocycles. The Morgan fingerprint density at radius 1 is 0.864 bits per heavy atom. The fourth-order valence-corrected chi connectivity index (χ4v) is 2.41. The third-order valence-corrected chi connectivity index (χ3v) is 3.80. The van der Waals surface area contributed by atoms with Crippen molar-refractivity contribution in [1.82, 2.24) is 0 Å². The van der Waals surface area contributed by atoms with Gasteiger partial charge in [0.2, 0.25) is 0 Å². The highest BCUT2D eigenvalue weighted by molar-refractivity contribution is 5.75. The highest BCUT2D eigenvalue weighted by Crippen LogP contribution is 2.41. The molecule has 0 saturated carbocycles. The number of carboxylic acids is 4. The SMILES string of the molecule is CC(CC(=O)O)(C(N)CC(=O)O)C(N)(CC(=O)O)CC(=O)O. The van der Waals surface area contributed by atoms with Crippen molar-refractivity contribution >= 4 is 23.9 Å². The van der Waals surface area contributed by atoms with Crippen molar-refractivity contribution in [1.29, 1.82) is 0 Å². The summed E-state index contributed by atoms with van der Waals surface area (Å²) in [5, 5.41) is 35.7. The lowest BCUT2D eigenvalue weighted by Crippen LogP contribution is -2.64. The number of carbonyl (C=O) groups is 4. The minimum atomic E-state index is -2.03. The van der Waals surface area contributed by atoms with E-state index in [9.17, 15) is 19.2 Å². The van der Waals surface area contributed by atoms with Crippen molar-refractivity contribution in [2.75, 3.05) is 0 Å². The molecule has 2 unspecified atom stereocenters. The van der Waals surface area contributed by atoms with E-state index in [-0.39, 0.29) is 0 Å². The van der Waals surface area contributed by atoms with Crippen LogP contribution < -0.4 is 11.5 Å². The largest absolute Gasteiger partial charge is 0.481 e. The molecule has 0 amide bonds. The molecule has 8 N–H and O–H groups in total. The predicted molar refractivity (Wildman–Crippen MR) is 72.0 cm³/mol. The predicted octanol–water partition coefficient (Wildman–Crippen LogP) is -1.08. The van der Waals surface area contributed by atoms with Crippen LogP contribution in [-0.4, -0.2) is 55.9 Å². The maximum absolute atomic E-state index is 11.1. The molecule has 0 radical (unpaired) electrons. The van der Waals surface area contributed by atoms with Gasteiger partial charge in [-0.2, -0.15) is 0 Å². The molecule has 0 spiro atoms. The second-order valence-corrected chi connectivity index (χ2v) is 5.49. The third-order valence-electron chi connectivity index (χ3n) is 3.80. The molecule has 0 aromatic heterocycles. The van der Waals surface area contributed by atoms with Gasteiger partial charge >= 0.3 is 23.9 Å². The minimum absolute atomic E-state index is 0.679.